The highest BCUT2D eigenvalue weighted by Crippen LogP contribution is 2.30. The molecule has 2 unspecified atom stereocenters. The number of carbonyl (C=O) groups excluding carboxylic acids is 1. The molecular formula is C15H17Cl2NO2. The van der Waals surface area contributed by atoms with Gasteiger partial charge in [0.2, 0.25) is 0 Å². The van der Waals surface area contributed by atoms with Crippen LogP contribution in [0.3, 0.4) is 0 Å². The van der Waals surface area contributed by atoms with Crippen molar-refractivity contribution in [2.45, 2.75) is 37.8 Å². The topological polar surface area (TPSA) is 29.5 Å². The SMILES string of the molecule is O=C(c1ccc(Cl)c(Cl)c1)N1CCOC2CCCCC21. The normalized spacial score (nSPS) is 26.2. The summed E-state index contributed by atoms with van der Waals surface area (Å²) >= 11 is 11.9. The van der Waals surface area contributed by atoms with Crippen molar-refractivity contribution in [2.75, 3.05) is 13.2 Å². The van der Waals surface area contributed by atoms with Crippen LogP contribution in [-0.2, 0) is 4.74 Å². The number of carbonyl (C=O) groups is 1. The van der Waals surface area contributed by atoms with Crippen LogP contribution in [0.1, 0.15) is 36.0 Å². The molecule has 2 atom stereocenters. The lowest BCUT2D eigenvalue weighted by Gasteiger charge is -2.43. The molecule has 1 saturated heterocycles. The van der Waals surface area contributed by atoms with Gasteiger partial charge in [0, 0.05) is 12.1 Å². The first-order valence-electron chi connectivity index (χ1n) is 7.04. The number of halogens is 2. The Morgan fingerprint density at radius 1 is 1.20 bits per heavy atom. The Morgan fingerprint density at radius 3 is 2.80 bits per heavy atom. The molecule has 0 aromatic heterocycles. The minimum absolute atomic E-state index is 0.0313. The summed E-state index contributed by atoms with van der Waals surface area (Å²) in [6, 6.07) is 5.28. The molecule has 3 rings (SSSR count). The number of fused-ring (bicyclic) bond motifs is 1. The van der Waals surface area contributed by atoms with Crippen molar-refractivity contribution in [1.29, 1.82) is 0 Å². The molecule has 1 aliphatic heterocycles. The molecule has 1 aliphatic carbocycles. The van der Waals surface area contributed by atoms with Crippen LogP contribution in [0.5, 0.6) is 0 Å². The Labute approximate surface area is 128 Å². The van der Waals surface area contributed by atoms with E-state index in [-0.39, 0.29) is 18.1 Å². The van der Waals surface area contributed by atoms with Crippen LogP contribution in [0.15, 0.2) is 18.2 Å². The lowest BCUT2D eigenvalue weighted by atomic mass is 9.89. The van der Waals surface area contributed by atoms with Crippen LogP contribution in [0.25, 0.3) is 0 Å². The van der Waals surface area contributed by atoms with Gasteiger partial charge in [-0.05, 0) is 31.0 Å². The number of rotatable bonds is 1. The zero-order valence-corrected chi connectivity index (χ0v) is 12.7. The molecule has 2 aliphatic rings. The smallest absolute Gasteiger partial charge is 0.254 e. The maximum absolute atomic E-state index is 12.7. The second-order valence-electron chi connectivity index (χ2n) is 5.39. The molecular weight excluding hydrogens is 297 g/mol. The fraction of sp³-hybridized carbons (Fsp3) is 0.533. The number of benzene rings is 1. The lowest BCUT2D eigenvalue weighted by molar-refractivity contribution is -0.0752. The maximum atomic E-state index is 12.7. The Morgan fingerprint density at radius 2 is 2.00 bits per heavy atom. The minimum atomic E-state index is 0.0313. The number of ether oxygens (including phenoxy) is 1. The van der Waals surface area contributed by atoms with Gasteiger partial charge in [0.05, 0.1) is 28.8 Å². The van der Waals surface area contributed by atoms with E-state index in [0.717, 1.165) is 19.3 Å². The Balaban J connectivity index is 1.83. The molecule has 108 valence electrons. The summed E-state index contributed by atoms with van der Waals surface area (Å²) in [7, 11) is 0. The van der Waals surface area contributed by atoms with Crippen molar-refractivity contribution in [3.63, 3.8) is 0 Å². The molecule has 1 aromatic carbocycles. The van der Waals surface area contributed by atoms with Gasteiger partial charge in [-0.15, -0.1) is 0 Å². The monoisotopic (exact) mass is 313 g/mol. The molecule has 0 bridgehead atoms. The Kier molecular flexibility index (Phi) is 4.20. The van der Waals surface area contributed by atoms with Crippen molar-refractivity contribution in [2.24, 2.45) is 0 Å². The molecule has 0 spiro atoms. The van der Waals surface area contributed by atoms with Crippen LogP contribution in [0.2, 0.25) is 10.0 Å². The average molecular weight is 314 g/mol. The predicted molar refractivity (Wildman–Crippen MR) is 79.5 cm³/mol. The summed E-state index contributed by atoms with van der Waals surface area (Å²) < 4.78 is 5.80. The van der Waals surface area contributed by atoms with Crippen molar-refractivity contribution < 1.29 is 9.53 Å². The third-order valence-corrected chi connectivity index (χ3v) is 4.90. The largest absolute Gasteiger partial charge is 0.374 e. The second-order valence-corrected chi connectivity index (χ2v) is 6.20. The van der Waals surface area contributed by atoms with E-state index in [0.29, 0.717) is 28.8 Å². The summed E-state index contributed by atoms with van der Waals surface area (Å²) in [6.07, 6.45) is 4.63. The van der Waals surface area contributed by atoms with E-state index in [9.17, 15) is 4.79 Å². The van der Waals surface area contributed by atoms with Crippen LogP contribution in [-0.4, -0.2) is 36.1 Å². The quantitative estimate of drug-likeness (QED) is 0.789. The zero-order valence-electron chi connectivity index (χ0n) is 11.1. The molecule has 3 nitrogen and oxygen atoms in total. The van der Waals surface area contributed by atoms with Crippen LogP contribution >= 0.6 is 23.2 Å². The third-order valence-electron chi connectivity index (χ3n) is 4.16. The summed E-state index contributed by atoms with van der Waals surface area (Å²) in [5.74, 6) is 0.0313. The lowest BCUT2D eigenvalue weighted by Crippen LogP contribution is -2.54. The van der Waals surface area contributed by atoms with E-state index < -0.39 is 0 Å². The van der Waals surface area contributed by atoms with E-state index in [4.69, 9.17) is 27.9 Å². The van der Waals surface area contributed by atoms with Gasteiger partial charge >= 0.3 is 0 Å². The standard InChI is InChI=1S/C15H17Cl2NO2/c16-11-6-5-10(9-12(11)17)15(19)18-7-8-20-14-4-2-1-3-13(14)18/h5-6,9,13-14H,1-4,7-8H2. The molecule has 2 fully saturated rings. The Bertz CT molecular complexity index is 519. The fourth-order valence-corrected chi connectivity index (χ4v) is 3.44. The first-order chi connectivity index (χ1) is 9.66. The number of amides is 1. The summed E-state index contributed by atoms with van der Waals surface area (Å²) in [6.45, 7) is 1.27. The summed E-state index contributed by atoms with van der Waals surface area (Å²) in [5.41, 5.74) is 0.602. The average Bonchev–Trinajstić information content (AvgIpc) is 2.49. The number of hydrogen-bond donors (Lipinski definition) is 0. The van der Waals surface area contributed by atoms with E-state index in [1.807, 2.05) is 4.90 Å². The molecule has 0 radical (unpaired) electrons. The molecule has 1 amide bonds. The van der Waals surface area contributed by atoms with Gasteiger partial charge in [0.15, 0.2) is 0 Å². The van der Waals surface area contributed by atoms with Crippen molar-refractivity contribution in [3.8, 4) is 0 Å². The minimum Gasteiger partial charge on any atom is -0.374 e. The number of nitrogens with zero attached hydrogens (tertiary/aromatic N) is 1. The highest BCUT2D eigenvalue weighted by Gasteiger charge is 2.36. The van der Waals surface area contributed by atoms with Crippen molar-refractivity contribution in [3.05, 3.63) is 33.8 Å². The van der Waals surface area contributed by atoms with Gasteiger partial charge in [-0.1, -0.05) is 36.0 Å². The molecule has 1 saturated carbocycles. The molecule has 0 N–H and O–H groups in total. The van der Waals surface area contributed by atoms with Gasteiger partial charge in [-0.3, -0.25) is 4.79 Å². The van der Waals surface area contributed by atoms with Gasteiger partial charge in [-0.2, -0.15) is 0 Å². The number of hydrogen-bond acceptors (Lipinski definition) is 2. The van der Waals surface area contributed by atoms with E-state index in [2.05, 4.69) is 0 Å². The van der Waals surface area contributed by atoms with Crippen molar-refractivity contribution in [1.82, 2.24) is 4.90 Å². The van der Waals surface area contributed by atoms with E-state index >= 15 is 0 Å². The summed E-state index contributed by atoms with van der Waals surface area (Å²) in [4.78, 5) is 14.6. The van der Waals surface area contributed by atoms with Gasteiger partial charge < -0.3 is 9.64 Å². The van der Waals surface area contributed by atoms with Gasteiger partial charge in [0.1, 0.15) is 0 Å². The van der Waals surface area contributed by atoms with Gasteiger partial charge in [0.25, 0.3) is 5.91 Å². The highest BCUT2D eigenvalue weighted by atomic mass is 35.5. The van der Waals surface area contributed by atoms with E-state index in [1.54, 1.807) is 18.2 Å². The van der Waals surface area contributed by atoms with Crippen LogP contribution < -0.4 is 0 Å². The molecule has 5 heteroatoms. The maximum Gasteiger partial charge on any atom is 0.254 e. The van der Waals surface area contributed by atoms with Gasteiger partial charge in [-0.25, -0.2) is 0 Å². The van der Waals surface area contributed by atoms with E-state index in [1.165, 1.54) is 6.42 Å². The third kappa shape index (κ3) is 2.67. The highest BCUT2D eigenvalue weighted by molar-refractivity contribution is 6.42. The molecule has 1 aromatic rings. The van der Waals surface area contributed by atoms with Crippen LogP contribution in [0.4, 0.5) is 0 Å². The zero-order chi connectivity index (χ0) is 14.1. The first kappa shape index (κ1) is 14.2. The van der Waals surface area contributed by atoms with Crippen molar-refractivity contribution >= 4 is 29.1 Å². The number of morpholine rings is 1. The second kappa shape index (κ2) is 5.92. The Hall–Kier alpha value is -0.770. The fourth-order valence-electron chi connectivity index (χ4n) is 3.14. The predicted octanol–water partition coefficient (Wildman–Crippen LogP) is 3.78. The first-order valence-corrected chi connectivity index (χ1v) is 7.80. The molecule has 20 heavy (non-hydrogen) atoms. The molecule has 1 heterocycles. The van der Waals surface area contributed by atoms with Crippen LogP contribution in [0, 0.1) is 0 Å². The summed E-state index contributed by atoms with van der Waals surface area (Å²) in [5, 5.41) is 0.895.